The highest BCUT2D eigenvalue weighted by molar-refractivity contribution is 9.10. The molecule has 0 aliphatic carbocycles. The molecule has 2 rings (SSSR count). The van der Waals surface area contributed by atoms with E-state index in [2.05, 4.69) is 26.2 Å². The Hall–Kier alpha value is -1.27. The molecule has 0 aliphatic rings. The smallest absolute Gasteiger partial charge is 0.189 e. The lowest BCUT2D eigenvalue weighted by Gasteiger charge is -2.06. The number of hydrogen-bond acceptors (Lipinski definition) is 5. The Morgan fingerprint density at radius 3 is 2.88 bits per heavy atom. The van der Waals surface area contributed by atoms with Crippen LogP contribution in [0.25, 0.3) is 0 Å². The van der Waals surface area contributed by atoms with E-state index in [1.807, 2.05) is 18.2 Å². The van der Waals surface area contributed by atoms with Gasteiger partial charge in [-0.15, -0.1) is 0 Å². The monoisotopic (exact) mass is 299 g/mol. The second-order valence-electron chi connectivity index (χ2n) is 3.07. The molecule has 16 heavy (non-hydrogen) atoms. The molecule has 2 aromatic rings. The minimum absolute atomic E-state index is 0.685. The number of aromatic nitrogens is 1. The van der Waals surface area contributed by atoms with Crippen molar-refractivity contribution in [3.05, 3.63) is 28.9 Å². The zero-order chi connectivity index (χ0) is 11.5. The number of ether oxygens (including phenoxy) is 1. The third-order valence-electron chi connectivity index (χ3n) is 1.88. The molecular weight excluding hydrogens is 290 g/mol. The largest absolute Gasteiger partial charge is 0.497 e. The van der Waals surface area contributed by atoms with E-state index < -0.39 is 0 Å². The molecule has 0 spiro atoms. The van der Waals surface area contributed by atoms with E-state index in [0.717, 1.165) is 21.0 Å². The van der Waals surface area contributed by atoms with Crippen LogP contribution in [0.4, 0.5) is 15.8 Å². The van der Waals surface area contributed by atoms with Crippen molar-refractivity contribution in [3.63, 3.8) is 0 Å². The Labute approximate surface area is 106 Å². The molecule has 3 N–H and O–H groups in total. The molecule has 0 radical (unpaired) electrons. The number of rotatable bonds is 3. The molecule has 0 atom stereocenters. The molecule has 0 aliphatic heterocycles. The van der Waals surface area contributed by atoms with Crippen LogP contribution in [-0.4, -0.2) is 12.1 Å². The average Bonchev–Trinajstić information content (AvgIpc) is 2.63. The van der Waals surface area contributed by atoms with Crippen molar-refractivity contribution in [1.29, 1.82) is 0 Å². The fourth-order valence-corrected chi connectivity index (χ4v) is 2.30. The van der Waals surface area contributed by atoms with Crippen molar-refractivity contribution in [1.82, 2.24) is 4.98 Å². The van der Waals surface area contributed by atoms with Crippen molar-refractivity contribution < 1.29 is 4.74 Å². The van der Waals surface area contributed by atoms with Gasteiger partial charge in [-0.1, -0.05) is 27.3 Å². The molecule has 4 nitrogen and oxygen atoms in total. The first-order valence-corrected chi connectivity index (χ1v) is 6.11. The van der Waals surface area contributed by atoms with Crippen LogP contribution in [-0.2, 0) is 0 Å². The second kappa shape index (κ2) is 4.71. The number of benzene rings is 1. The van der Waals surface area contributed by atoms with E-state index in [4.69, 9.17) is 10.5 Å². The third kappa shape index (κ3) is 2.65. The van der Waals surface area contributed by atoms with Crippen LogP contribution in [0.3, 0.4) is 0 Å². The van der Waals surface area contributed by atoms with Crippen molar-refractivity contribution >= 4 is 43.1 Å². The number of anilines is 3. The van der Waals surface area contributed by atoms with Gasteiger partial charge in [-0.2, -0.15) is 0 Å². The van der Waals surface area contributed by atoms with Crippen LogP contribution in [0, 0.1) is 0 Å². The Kier molecular flexibility index (Phi) is 3.31. The Balaban J connectivity index is 2.24. The fraction of sp³-hybridized carbons (Fsp3) is 0.100. The molecule has 6 heteroatoms. The molecule has 1 aromatic heterocycles. The Morgan fingerprint density at radius 2 is 2.25 bits per heavy atom. The van der Waals surface area contributed by atoms with E-state index in [0.29, 0.717) is 5.00 Å². The topological polar surface area (TPSA) is 60.2 Å². The number of halogens is 1. The quantitative estimate of drug-likeness (QED) is 0.913. The number of methoxy groups -OCH3 is 1. The summed E-state index contributed by atoms with van der Waals surface area (Å²) in [5.74, 6) is 0.779. The van der Waals surface area contributed by atoms with Gasteiger partial charge in [0, 0.05) is 16.2 Å². The molecule has 0 bridgehead atoms. The summed E-state index contributed by atoms with van der Waals surface area (Å²) in [6.07, 6.45) is 1.63. The first-order valence-electron chi connectivity index (χ1n) is 4.50. The van der Waals surface area contributed by atoms with Crippen molar-refractivity contribution in [3.8, 4) is 5.75 Å². The summed E-state index contributed by atoms with van der Waals surface area (Å²) in [5.41, 5.74) is 6.50. The molecule has 0 fully saturated rings. The normalized spacial score (nSPS) is 10.1. The number of nitrogens with two attached hydrogens (primary N) is 1. The summed E-state index contributed by atoms with van der Waals surface area (Å²) in [7, 11) is 1.63. The fourth-order valence-electron chi connectivity index (χ4n) is 1.22. The second-order valence-corrected chi connectivity index (χ2v) is 5.05. The zero-order valence-corrected chi connectivity index (χ0v) is 10.9. The van der Waals surface area contributed by atoms with Crippen LogP contribution in [0.5, 0.6) is 5.75 Å². The Morgan fingerprint density at radius 1 is 1.44 bits per heavy atom. The van der Waals surface area contributed by atoms with Crippen LogP contribution in [0.1, 0.15) is 0 Å². The van der Waals surface area contributed by atoms with Crippen LogP contribution < -0.4 is 15.8 Å². The minimum Gasteiger partial charge on any atom is -0.497 e. The van der Waals surface area contributed by atoms with Gasteiger partial charge in [0.25, 0.3) is 0 Å². The van der Waals surface area contributed by atoms with E-state index in [9.17, 15) is 0 Å². The van der Waals surface area contributed by atoms with E-state index in [-0.39, 0.29) is 0 Å². The van der Waals surface area contributed by atoms with Gasteiger partial charge in [-0.05, 0) is 12.1 Å². The summed E-state index contributed by atoms with van der Waals surface area (Å²) < 4.78 is 6.11. The maximum Gasteiger partial charge on any atom is 0.189 e. The van der Waals surface area contributed by atoms with Crippen LogP contribution in [0.15, 0.2) is 28.9 Å². The van der Waals surface area contributed by atoms with Crippen LogP contribution in [0.2, 0.25) is 0 Å². The molecular formula is C10H10BrN3OS. The van der Waals surface area contributed by atoms with E-state index in [1.54, 1.807) is 13.3 Å². The van der Waals surface area contributed by atoms with Gasteiger partial charge >= 0.3 is 0 Å². The van der Waals surface area contributed by atoms with Crippen molar-refractivity contribution in [2.45, 2.75) is 0 Å². The molecule has 84 valence electrons. The van der Waals surface area contributed by atoms with E-state index >= 15 is 0 Å². The van der Waals surface area contributed by atoms with Crippen molar-refractivity contribution in [2.24, 2.45) is 0 Å². The van der Waals surface area contributed by atoms with Gasteiger partial charge in [-0.25, -0.2) is 4.98 Å². The predicted octanol–water partition coefficient (Wildman–Crippen LogP) is 3.24. The Bertz CT molecular complexity index is 501. The lowest BCUT2D eigenvalue weighted by atomic mass is 10.3. The van der Waals surface area contributed by atoms with E-state index in [1.165, 1.54) is 11.3 Å². The number of nitrogens with one attached hydrogen (secondary N) is 1. The molecule has 0 saturated carbocycles. The zero-order valence-electron chi connectivity index (χ0n) is 8.53. The van der Waals surface area contributed by atoms with Crippen LogP contribution >= 0.6 is 27.3 Å². The molecule has 0 saturated heterocycles. The summed E-state index contributed by atoms with van der Waals surface area (Å²) in [4.78, 5) is 4.12. The lowest BCUT2D eigenvalue weighted by Crippen LogP contribution is -1.90. The molecule has 1 heterocycles. The van der Waals surface area contributed by atoms with Gasteiger partial charge < -0.3 is 15.8 Å². The summed E-state index contributed by atoms with van der Waals surface area (Å²) in [6, 6.07) is 5.73. The van der Waals surface area contributed by atoms with Gasteiger partial charge in [0.2, 0.25) is 0 Å². The highest BCUT2D eigenvalue weighted by atomic mass is 79.9. The number of nitrogen functional groups attached to an aromatic ring is 1. The highest BCUT2D eigenvalue weighted by Gasteiger charge is 2.02. The van der Waals surface area contributed by atoms with Gasteiger partial charge in [0.05, 0.1) is 13.3 Å². The summed E-state index contributed by atoms with van der Waals surface area (Å²) in [6.45, 7) is 0. The number of hydrogen-bond donors (Lipinski definition) is 2. The van der Waals surface area contributed by atoms with Gasteiger partial charge in [0.1, 0.15) is 10.8 Å². The third-order valence-corrected chi connectivity index (χ3v) is 3.08. The van der Waals surface area contributed by atoms with Gasteiger partial charge in [-0.3, -0.25) is 0 Å². The minimum atomic E-state index is 0.685. The average molecular weight is 300 g/mol. The number of nitrogens with zero attached hydrogens (tertiary/aromatic N) is 1. The maximum absolute atomic E-state index is 5.60. The predicted molar refractivity (Wildman–Crippen MR) is 70.5 cm³/mol. The molecule has 0 amide bonds. The lowest BCUT2D eigenvalue weighted by molar-refractivity contribution is 0.415. The summed E-state index contributed by atoms with van der Waals surface area (Å²) in [5, 5.41) is 4.60. The molecule has 1 aromatic carbocycles. The first kappa shape index (κ1) is 11.2. The SMILES string of the molecule is COc1cc(Br)cc(Nc2ncc(N)s2)c1. The highest BCUT2D eigenvalue weighted by Crippen LogP contribution is 2.29. The van der Waals surface area contributed by atoms with Crippen molar-refractivity contribution in [2.75, 3.05) is 18.2 Å². The first-order chi connectivity index (χ1) is 7.67. The van der Waals surface area contributed by atoms with Gasteiger partial charge in [0.15, 0.2) is 5.13 Å². The standard InChI is InChI=1S/C10H10BrN3OS/c1-15-8-3-6(11)2-7(4-8)14-10-13-5-9(12)16-10/h2-5H,12H2,1H3,(H,13,14). The maximum atomic E-state index is 5.60. The molecule has 0 unspecified atom stereocenters. The summed E-state index contributed by atoms with van der Waals surface area (Å²) >= 11 is 4.81. The number of thiazole rings is 1.